The van der Waals surface area contributed by atoms with Crippen LogP contribution in [0.1, 0.15) is 61.8 Å². The van der Waals surface area contributed by atoms with Gasteiger partial charge >= 0.3 is 6.18 Å². The minimum absolute atomic E-state index is 0.0754. The summed E-state index contributed by atoms with van der Waals surface area (Å²) >= 11 is 0. The van der Waals surface area contributed by atoms with Gasteiger partial charge in [-0.3, -0.25) is 24.2 Å². The smallest absolute Gasteiger partial charge is 0.417 e. The molecule has 0 spiro atoms. The maximum atomic E-state index is 14.9. The van der Waals surface area contributed by atoms with Crippen LogP contribution in [0.15, 0.2) is 23.0 Å². The van der Waals surface area contributed by atoms with Gasteiger partial charge in [-0.25, -0.2) is 0 Å². The first-order valence-corrected chi connectivity index (χ1v) is 15.2. The number of aliphatic hydroxyl groups is 3. The summed E-state index contributed by atoms with van der Waals surface area (Å²) in [4.78, 5) is 42.7. The normalized spacial score (nSPS) is 27.0. The highest BCUT2D eigenvalue weighted by atomic mass is 19.4. The molecule has 0 radical (unpaired) electrons. The number of ketones is 2. The quantitative estimate of drug-likeness (QED) is 0.256. The predicted molar refractivity (Wildman–Crippen MR) is 157 cm³/mol. The highest BCUT2D eigenvalue weighted by Crippen LogP contribution is 2.54. The molecule has 1 amide bonds. The Kier molecular flexibility index (Phi) is 8.37. The number of benzene rings is 1. The van der Waals surface area contributed by atoms with E-state index in [1.54, 1.807) is 0 Å². The number of phenolic OH excluding ortho intramolecular Hbond substituents is 1. The van der Waals surface area contributed by atoms with Crippen molar-refractivity contribution < 1.29 is 48.0 Å². The summed E-state index contributed by atoms with van der Waals surface area (Å²) in [5, 5.41) is 45.1. The van der Waals surface area contributed by atoms with Crippen LogP contribution >= 0.6 is 0 Å². The molecule has 0 aromatic heterocycles. The molecule has 0 aliphatic heterocycles. The van der Waals surface area contributed by atoms with Gasteiger partial charge in [-0.15, -0.1) is 0 Å². The van der Waals surface area contributed by atoms with E-state index in [4.69, 9.17) is 5.73 Å². The van der Waals surface area contributed by atoms with E-state index in [-0.39, 0.29) is 24.1 Å². The first-order chi connectivity index (χ1) is 20.9. The summed E-state index contributed by atoms with van der Waals surface area (Å²) < 4.78 is 44.7. The van der Waals surface area contributed by atoms with Gasteiger partial charge in [0.25, 0.3) is 5.91 Å². The molecule has 2 fully saturated rings. The standard InChI is InChI=1S/C32H40F3N3O7/c1-14(2)7-8-38(12-15-5-6-15)13-17-11-20(39)22-18(24(17)32(33,34)35)9-16-10-19-25(37(3)4)27(41)23(30(36)44)29(43)31(19,45)28(42)21(16)26(22)40/h11,14-16,19,25,39-40,43,45H,5-10,12-13H2,1-4H3,(H2,36,44)/t16-,19-,25-,31-/m0/s1. The van der Waals surface area contributed by atoms with E-state index in [1.807, 2.05) is 18.7 Å². The third kappa shape index (κ3) is 5.52. The Morgan fingerprint density at radius 1 is 1.16 bits per heavy atom. The molecule has 4 aliphatic carbocycles. The Morgan fingerprint density at radius 2 is 1.80 bits per heavy atom. The molecule has 45 heavy (non-hydrogen) atoms. The number of rotatable bonds is 9. The first kappa shape index (κ1) is 33.0. The minimum Gasteiger partial charge on any atom is -0.508 e. The van der Waals surface area contributed by atoms with Crippen molar-refractivity contribution in [2.24, 2.45) is 29.4 Å². The van der Waals surface area contributed by atoms with Gasteiger partial charge in [0.05, 0.1) is 17.2 Å². The number of carbonyl (C=O) groups is 3. The van der Waals surface area contributed by atoms with Crippen LogP contribution in [0.25, 0.3) is 5.76 Å². The Morgan fingerprint density at radius 3 is 2.33 bits per heavy atom. The molecule has 0 saturated heterocycles. The van der Waals surface area contributed by atoms with E-state index in [1.165, 1.54) is 19.0 Å². The van der Waals surface area contributed by atoms with Gasteiger partial charge in [-0.1, -0.05) is 13.8 Å². The van der Waals surface area contributed by atoms with Crippen molar-refractivity contribution in [1.82, 2.24) is 9.80 Å². The first-order valence-electron chi connectivity index (χ1n) is 15.2. The molecule has 10 nitrogen and oxygen atoms in total. The number of Topliss-reactive ketones (excluding diaryl/α,β-unsaturated/α-hetero) is 2. The van der Waals surface area contributed by atoms with Crippen LogP contribution in [0, 0.1) is 23.7 Å². The van der Waals surface area contributed by atoms with Crippen molar-refractivity contribution in [2.75, 3.05) is 27.2 Å². The zero-order chi connectivity index (χ0) is 33.3. The van der Waals surface area contributed by atoms with Gasteiger partial charge in [0.1, 0.15) is 22.8 Å². The van der Waals surface area contributed by atoms with Gasteiger partial charge in [-0.05, 0) is 87.7 Å². The fraction of sp³-hybridized carbons (Fsp3) is 0.594. The highest BCUT2D eigenvalue weighted by Gasteiger charge is 2.64. The summed E-state index contributed by atoms with van der Waals surface area (Å²) in [6.45, 7) is 5.18. The topological polar surface area (TPSA) is 165 Å². The maximum absolute atomic E-state index is 14.9. The number of fused-ring (bicyclic) bond motifs is 3. The fourth-order valence-corrected chi connectivity index (χ4v) is 7.44. The van der Waals surface area contributed by atoms with Crippen LogP contribution in [0.2, 0.25) is 0 Å². The lowest BCUT2D eigenvalue weighted by atomic mass is 9.57. The monoisotopic (exact) mass is 635 g/mol. The number of carbonyl (C=O) groups excluding carboxylic acids is 3. The van der Waals surface area contributed by atoms with E-state index in [0.29, 0.717) is 24.9 Å². The second-order valence-electron chi connectivity index (χ2n) is 13.6. The third-order valence-electron chi connectivity index (χ3n) is 9.72. The zero-order valence-corrected chi connectivity index (χ0v) is 25.7. The van der Waals surface area contributed by atoms with Crippen molar-refractivity contribution in [1.29, 1.82) is 0 Å². The van der Waals surface area contributed by atoms with Crippen molar-refractivity contribution in [3.05, 3.63) is 45.2 Å². The van der Waals surface area contributed by atoms with Gasteiger partial charge in [0.2, 0.25) is 5.78 Å². The highest BCUT2D eigenvalue weighted by molar-refractivity contribution is 6.24. The van der Waals surface area contributed by atoms with Crippen molar-refractivity contribution in [3.8, 4) is 5.75 Å². The molecule has 2 saturated carbocycles. The van der Waals surface area contributed by atoms with E-state index < -0.39 is 93.1 Å². The predicted octanol–water partition coefficient (Wildman–Crippen LogP) is 3.24. The summed E-state index contributed by atoms with van der Waals surface area (Å²) in [5.74, 6) is -8.19. The van der Waals surface area contributed by atoms with Crippen molar-refractivity contribution >= 4 is 23.2 Å². The molecule has 5 rings (SSSR count). The molecule has 1 aromatic carbocycles. The number of likely N-dealkylation sites (N-methyl/N-ethyl adjacent to an activating group) is 1. The minimum atomic E-state index is -4.88. The average molecular weight is 636 g/mol. The molecular weight excluding hydrogens is 595 g/mol. The number of aliphatic hydroxyl groups excluding tert-OH is 2. The lowest BCUT2D eigenvalue weighted by molar-refractivity contribution is -0.153. The molecule has 4 aliphatic rings. The molecule has 0 bridgehead atoms. The third-order valence-corrected chi connectivity index (χ3v) is 9.72. The van der Waals surface area contributed by atoms with Gasteiger partial charge < -0.3 is 26.2 Å². The molecule has 1 aromatic rings. The number of halogens is 3. The van der Waals surface area contributed by atoms with E-state index in [0.717, 1.165) is 25.3 Å². The second-order valence-corrected chi connectivity index (χ2v) is 13.6. The summed E-state index contributed by atoms with van der Waals surface area (Å²) in [7, 11) is 2.90. The number of alkyl halides is 3. The van der Waals surface area contributed by atoms with E-state index >= 15 is 0 Å². The van der Waals surface area contributed by atoms with Crippen molar-refractivity contribution in [3.63, 3.8) is 0 Å². The summed E-state index contributed by atoms with van der Waals surface area (Å²) in [6.07, 6.45) is -2.82. The SMILES string of the molecule is CC(C)CCN(Cc1cc(O)c2c(c1C(F)(F)F)C[C@H]1C[C@H]3[C@H](N(C)C)C(=O)C(C(N)=O)=C(O)[C@@]3(O)C(=O)C1=C2O)CC1CC1. The molecule has 6 N–H and O–H groups in total. The van der Waals surface area contributed by atoms with Crippen LogP contribution in [-0.2, 0) is 33.5 Å². The second kappa shape index (κ2) is 11.4. The number of nitrogens with zero attached hydrogens (tertiary/aromatic N) is 2. The molecule has 246 valence electrons. The van der Waals surface area contributed by atoms with Crippen LogP contribution in [-0.4, -0.2) is 86.5 Å². The van der Waals surface area contributed by atoms with Crippen LogP contribution < -0.4 is 5.73 Å². The fourth-order valence-electron chi connectivity index (χ4n) is 7.44. The Bertz CT molecular complexity index is 1510. The number of aromatic hydroxyl groups is 1. The maximum Gasteiger partial charge on any atom is 0.417 e. The summed E-state index contributed by atoms with van der Waals surface area (Å²) in [5.41, 5.74) is -1.09. The molecule has 13 heteroatoms. The van der Waals surface area contributed by atoms with Crippen molar-refractivity contribution in [2.45, 2.75) is 70.3 Å². The van der Waals surface area contributed by atoms with Crippen LogP contribution in [0.5, 0.6) is 5.75 Å². The number of primary amides is 1. The Balaban J connectivity index is 1.66. The van der Waals surface area contributed by atoms with E-state index in [2.05, 4.69) is 0 Å². The number of hydrogen-bond donors (Lipinski definition) is 5. The number of amides is 1. The summed E-state index contributed by atoms with van der Waals surface area (Å²) in [6, 6.07) is -0.357. The Labute approximate surface area is 259 Å². The molecule has 0 heterocycles. The van der Waals surface area contributed by atoms with Gasteiger partial charge in [-0.2, -0.15) is 13.2 Å². The van der Waals surface area contributed by atoms with Crippen LogP contribution in [0.3, 0.4) is 0 Å². The zero-order valence-electron chi connectivity index (χ0n) is 25.7. The Hall–Kier alpha value is -3.42. The molecular formula is C32H40F3N3O7. The number of phenols is 1. The largest absolute Gasteiger partial charge is 0.508 e. The number of nitrogens with two attached hydrogens (primary N) is 1. The van der Waals surface area contributed by atoms with Crippen LogP contribution in [0.4, 0.5) is 13.2 Å². The van der Waals surface area contributed by atoms with Gasteiger partial charge in [0, 0.05) is 24.6 Å². The molecule has 0 unspecified atom stereocenters. The van der Waals surface area contributed by atoms with E-state index in [9.17, 15) is 48.0 Å². The molecule has 4 atom stereocenters. The van der Waals surface area contributed by atoms with Gasteiger partial charge in [0.15, 0.2) is 11.4 Å². The lowest BCUT2D eigenvalue weighted by Gasteiger charge is -2.50. The average Bonchev–Trinajstić information content (AvgIpc) is 3.72. The number of hydrogen-bond acceptors (Lipinski definition) is 9. The lowest BCUT2D eigenvalue weighted by Crippen LogP contribution is -2.65.